The molecule has 2 aromatic rings. The molecule has 5 nitrogen and oxygen atoms in total. The number of rotatable bonds is 5. The first-order valence-electron chi connectivity index (χ1n) is 6.75. The fourth-order valence-corrected chi connectivity index (χ4v) is 2.65. The normalized spacial score (nSPS) is 11.6. The molecule has 2 rings (SSSR count). The molecule has 0 fully saturated rings. The summed E-state index contributed by atoms with van der Waals surface area (Å²) in [5.74, 6) is -1.12. The largest absolute Gasteiger partial charge is 0.448 e. The average molecular weight is 352 g/mol. The summed E-state index contributed by atoms with van der Waals surface area (Å²) in [7, 11) is 0. The third-order valence-electron chi connectivity index (χ3n) is 2.99. The first-order chi connectivity index (χ1) is 10.9. The van der Waals surface area contributed by atoms with Gasteiger partial charge in [-0.1, -0.05) is 11.6 Å². The second-order valence-corrected chi connectivity index (χ2v) is 6.49. The van der Waals surface area contributed by atoms with Gasteiger partial charge in [0.2, 0.25) is 0 Å². The molecule has 7 heteroatoms. The number of thiophene rings is 1. The lowest BCUT2D eigenvalue weighted by molar-refractivity contribution is -0.123. The summed E-state index contributed by atoms with van der Waals surface area (Å²) in [6, 6.07) is 9.58. The fourth-order valence-electron chi connectivity index (χ4n) is 1.73. The monoisotopic (exact) mass is 351 g/mol. The zero-order valence-corrected chi connectivity index (χ0v) is 14.0. The van der Waals surface area contributed by atoms with Crippen molar-refractivity contribution in [2.75, 3.05) is 5.32 Å². The van der Waals surface area contributed by atoms with E-state index in [4.69, 9.17) is 16.3 Å². The summed E-state index contributed by atoms with van der Waals surface area (Å²) in [4.78, 5) is 35.4. The van der Waals surface area contributed by atoms with Gasteiger partial charge in [-0.05, 0) is 50.2 Å². The van der Waals surface area contributed by atoms with E-state index in [0.717, 1.165) is 11.3 Å². The van der Waals surface area contributed by atoms with Gasteiger partial charge in [0.05, 0.1) is 4.34 Å². The van der Waals surface area contributed by atoms with E-state index in [-0.39, 0.29) is 5.78 Å². The minimum atomic E-state index is -0.962. The number of carbonyl (C=O) groups excluding carboxylic acids is 3. The lowest BCUT2D eigenvalue weighted by Crippen LogP contribution is -2.29. The molecule has 0 aliphatic carbocycles. The SMILES string of the molecule is CC(=O)c1ccc(NC(=O)C(C)OC(=O)c2ccc(Cl)s2)cc1. The Bertz CT molecular complexity index is 739. The molecule has 120 valence electrons. The van der Waals surface area contributed by atoms with Crippen molar-refractivity contribution in [3.05, 3.63) is 51.2 Å². The molecule has 23 heavy (non-hydrogen) atoms. The van der Waals surface area contributed by atoms with E-state index < -0.39 is 18.0 Å². The molecule has 0 spiro atoms. The number of amides is 1. The van der Waals surface area contributed by atoms with Crippen LogP contribution in [0.5, 0.6) is 0 Å². The summed E-state index contributed by atoms with van der Waals surface area (Å²) >= 11 is 6.84. The number of hydrogen-bond donors (Lipinski definition) is 1. The smallest absolute Gasteiger partial charge is 0.349 e. The standard InChI is InChI=1S/C16H14ClNO4S/c1-9(19)11-3-5-12(6-4-11)18-15(20)10(2)22-16(21)13-7-8-14(17)23-13/h3-8,10H,1-2H3,(H,18,20). The number of esters is 1. The molecule has 0 saturated carbocycles. The van der Waals surface area contributed by atoms with Crippen molar-refractivity contribution >= 4 is 46.3 Å². The van der Waals surface area contributed by atoms with Gasteiger partial charge in [-0.2, -0.15) is 0 Å². The number of ether oxygens (including phenoxy) is 1. The molecule has 1 aromatic carbocycles. The van der Waals surface area contributed by atoms with Crippen LogP contribution in [0.25, 0.3) is 0 Å². The number of hydrogen-bond acceptors (Lipinski definition) is 5. The van der Waals surface area contributed by atoms with Gasteiger partial charge >= 0.3 is 5.97 Å². The first-order valence-corrected chi connectivity index (χ1v) is 7.94. The van der Waals surface area contributed by atoms with Crippen LogP contribution in [0.4, 0.5) is 5.69 Å². The molecule has 0 aliphatic rings. The van der Waals surface area contributed by atoms with Crippen LogP contribution in [0.3, 0.4) is 0 Å². The molecule has 1 unspecified atom stereocenters. The van der Waals surface area contributed by atoms with Crippen LogP contribution in [0.1, 0.15) is 33.9 Å². The van der Waals surface area contributed by atoms with E-state index >= 15 is 0 Å². The van der Waals surface area contributed by atoms with Gasteiger partial charge in [0, 0.05) is 11.3 Å². The number of ketones is 1. The third kappa shape index (κ3) is 4.64. The summed E-state index contributed by atoms with van der Waals surface area (Å²) < 4.78 is 5.56. The van der Waals surface area contributed by atoms with Crippen LogP contribution >= 0.6 is 22.9 Å². The summed E-state index contributed by atoms with van der Waals surface area (Å²) in [6.45, 7) is 2.94. The van der Waals surface area contributed by atoms with Crippen molar-refractivity contribution < 1.29 is 19.1 Å². The zero-order chi connectivity index (χ0) is 17.0. The highest BCUT2D eigenvalue weighted by Gasteiger charge is 2.20. The maximum atomic E-state index is 12.0. The molecular formula is C16H14ClNO4S. The molecule has 0 aliphatic heterocycles. The second kappa shape index (κ2) is 7.39. The quantitative estimate of drug-likeness (QED) is 0.657. The molecule has 0 saturated heterocycles. The highest BCUT2D eigenvalue weighted by molar-refractivity contribution is 7.17. The number of benzene rings is 1. The number of anilines is 1. The van der Waals surface area contributed by atoms with Crippen LogP contribution < -0.4 is 5.32 Å². The number of halogens is 1. The van der Waals surface area contributed by atoms with E-state index in [1.54, 1.807) is 36.4 Å². The van der Waals surface area contributed by atoms with Crippen LogP contribution in [-0.2, 0) is 9.53 Å². The second-order valence-electron chi connectivity index (χ2n) is 4.77. The third-order valence-corrected chi connectivity index (χ3v) is 4.20. The van der Waals surface area contributed by atoms with E-state index in [1.165, 1.54) is 13.8 Å². The molecule has 1 heterocycles. The van der Waals surface area contributed by atoms with Crippen molar-refractivity contribution in [3.8, 4) is 0 Å². The maximum Gasteiger partial charge on any atom is 0.349 e. The van der Waals surface area contributed by atoms with Gasteiger partial charge in [0.15, 0.2) is 11.9 Å². The highest BCUT2D eigenvalue weighted by Crippen LogP contribution is 2.22. The van der Waals surface area contributed by atoms with Gasteiger partial charge in [-0.15, -0.1) is 11.3 Å². The predicted molar refractivity (Wildman–Crippen MR) is 89.3 cm³/mol. The lowest BCUT2D eigenvalue weighted by Gasteiger charge is -2.13. The van der Waals surface area contributed by atoms with Crippen molar-refractivity contribution in [3.63, 3.8) is 0 Å². The minimum absolute atomic E-state index is 0.0558. The Labute approximate surface area is 142 Å². The topological polar surface area (TPSA) is 72.5 Å². The Morgan fingerprint density at radius 2 is 1.78 bits per heavy atom. The van der Waals surface area contributed by atoms with Crippen LogP contribution in [0, 0.1) is 0 Å². The van der Waals surface area contributed by atoms with Gasteiger partial charge in [-0.25, -0.2) is 4.79 Å². The van der Waals surface area contributed by atoms with Gasteiger partial charge in [0.25, 0.3) is 5.91 Å². The molecule has 1 atom stereocenters. The summed E-state index contributed by atoms with van der Waals surface area (Å²) in [6.07, 6.45) is -0.962. The average Bonchev–Trinajstić information content (AvgIpc) is 2.94. The van der Waals surface area contributed by atoms with Gasteiger partial charge < -0.3 is 10.1 Å². The first kappa shape index (κ1) is 17.2. The Hall–Kier alpha value is -2.18. The van der Waals surface area contributed by atoms with Crippen LogP contribution in [-0.4, -0.2) is 23.8 Å². The number of Topliss-reactive ketones (excluding diaryl/α,β-unsaturated/α-hetero) is 1. The van der Waals surface area contributed by atoms with Crippen molar-refractivity contribution in [2.45, 2.75) is 20.0 Å². The molecule has 0 bridgehead atoms. The van der Waals surface area contributed by atoms with Crippen molar-refractivity contribution in [2.24, 2.45) is 0 Å². The lowest BCUT2D eigenvalue weighted by atomic mass is 10.1. The van der Waals surface area contributed by atoms with Crippen molar-refractivity contribution in [1.82, 2.24) is 0 Å². The van der Waals surface area contributed by atoms with Gasteiger partial charge in [-0.3, -0.25) is 9.59 Å². The van der Waals surface area contributed by atoms with E-state index in [2.05, 4.69) is 5.32 Å². The van der Waals surface area contributed by atoms with E-state index in [0.29, 0.717) is 20.5 Å². The van der Waals surface area contributed by atoms with Crippen LogP contribution in [0.2, 0.25) is 4.34 Å². The molecule has 1 N–H and O–H groups in total. The maximum absolute atomic E-state index is 12.0. The van der Waals surface area contributed by atoms with E-state index in [1.807, 2.05) is 0 Å². The summed E-state index contributed by atoms with van der Waals surface area (Å²) in [5, 5.41) is 2.62. The highest BCUT2D eigenvalue weighted by atomic mass is 35.5. The summed E-state index contributed by atoms with van der Waals surface area (Å²) in [5.41, 5.74) is 1.07. The Balaban J connectivity index is 1.94. The van der Waals surface area contributed by atoms with Gasteiger partial charge in [0.1, 0.15) is 4.88 Å². The minimum Gasteiger partial charge on any atom is -0.448 e. The van der Waals surface area contributed by atoms with Crippen molar-refractivity contribution in [1.29, 1.82) is 0 Å². The zero-order valence-electron chi connectivity index (χ0n) is 12.5. The molecule has 1 amide bonds. The predicted octanol–water partition coefficient (Wildman–Crippen LogP) is 3.79. The fraction of sp³-hybridized carbons (Fsp3) is 0.188. The Kier molecular flexibility index (Phi) is 5.52. The molecule has 1 aromatic heterocycles. The number of nitrogens with one attached hydrogen (secondary N) is 1. The molecule has 0 radical (unpaired) electrons. The Morgan fingerprint density at radius 1 is 1.13 bits per heavy atom. The van der Waals surface area contributed by atoms with E-state index in [9.17, 15) is 14.4 Å². The van der Waals surface area contributed by atoms with Crippen LogP contribution in [0.15, 0.2) is 36.4 Å². The molecular weight excluding hydrogens is 338 g/mol. The number of carbonyl (C=O) groups is 3. The Morgan fingerprint density at radius 3 is 2.30 bits per heavy atom.